The number of nitrogens with zero attached hydrogens (tertiary/aromatic N) is 1. The van der Waals surface area contributed by atoms with Crippen molar-refractivity contribution >= 4 is 29.5 Å². The molecule has 6 atom stereocenters. The van der Waals surface area contributed by atoms with E-state index >= 15 is 0 Å². The van der Waals surface area contributed by atoms with Gasteiger partial charge in [-0.2, -0.15) is 0 Å². The van der Waals surface area contributed by atoms with Gasteiger partial charge in [-0.3, -0.25) is 19.2 Å². The summed E-state index contributed by atoms with van der Waals surface area (Å²) in [6.45, 7) is 16.8. The van der Waals surface area contributed by atoms with Crippen LogP contribution in [0.1, 0.15) is 158 Å². The van der Waals surface area contributed by atoms with Crippen LogP contribution in [0.15, 0.2) is 11.1 Å². The molecule has 1 saturated heterocycles. The number of hydrogen-bond acceptors (Lipinski definition) is 5. The summed E-state index contributed by atoms with van der Waals surface area (Å²) in [5.74, 6) is 1.43. The van der Waals surface area contributed by atoms with Crippen LogP contribution in [0.25, 0.3) is 0 Å². The number of allylic oxidation sites excluding steroid dienone is 2. The van der Waals surface area contributed by atoms with Crippen LogP contribution in [0.2, 0.25) is 0 Å². The second kappa shape index (κ2) is 18.5. The van der Waals surface area contributed by atoms with Gasteiger partial charge in [-0.05, 0) is 79.4 Å². The summed E-state index contributed by atoms with van der Waals surface area (Å²) in [5.41, 5.74) is 3.06. The van der Waals surface area contributed by atoms with Crippen LogP contribution in [0.3, 0.4) is 0 Å². The average Bonchev–Trinajstić information content (AvgIpc) is 3.86. The van der Waals surface area contributed by atoms with E-state index in [0.717, 1.165) is 70.6 Å². The van der Waals surface area contributed by atoms with E-state index in [0.29, 0.717) is 37.3 Å². The van der Waals surface area contributed by atoms with Gasteiger partial charge in [0.15, 0.2) is 0 Å². The molecule has 10 nitrogen and oxygen atoms in total. The minimum Gasteiger partial charge on any atom is -0.348 e. The number of carbonyl (C=O) groups excluding carboxylic acids is 5. The van der Waals surface area contributed by atoms with Crippen LogP contribution in [-0.4, -0.2) is 72.2 Å². The zero-order chi connectivity index (χ0) is 40.8. The molecule has 4 N–H and O–H groups in total. The monoisotopic (exact) mass is 776 g/mol. The average molecular weight is 776 g/mol. The first-order valence-corrected chi connectivity index (χ1v) is 22.2. The smallest absolute Gasteiger partial charge is 0.315 e. The normalized spacial score (nSPS) is 25.9. The lowest BCUT2D eigenvalue weighted by Crippen LogP contribution is -2.62. The first-order valence-electron chi connectivity index (χ1n) is 22.2. The summed E-state index contributed by atoms with van der Waals surface area (Å²) < 4.78 is 0. The van der Waals surface area contributed by atoms with Crippen molar-refractivity contribution in [2.45, 2.75) is 176 Å². The largest absolute Gasteiger partial charge is 0.348 e. The van der Waals surface area contributed by atoms with Gasteiger partial charge in [0.05, 0.1) is 6.04 Å². The Balaban J connectivity index is 1.18. The summed E-state index contributed by atoms with van der Waals surface area (Å²) in [5, 5.41) is 11.7. The number of carbonyl (C=O) groups is 5. The lowest BCUT2D eigenvalue weighted by atomic mass is 9.70. The number of amides is 5. The van der Waals surface area contributed by atoms with E-state index in [1.165, 1.54) is 25.7 Å². The summed E-state index contributed by atoms with van der Waals surface area (Å²) in [6, 6.07) is -2.89. The standard InChI is InChI=1S/C46H73N5O5/c1-9-11-26-47-41(54)38(52)34(28-31-21-20-22-31)49-40(53)37-36-33(45(36,6)7)29-51(37)42(55)39(46(8)24-17-15-18-25-46)50-43(56)48-27-19-14-12-13-16-23-32-30(3)35(32)44(4,5)10-2/h1,31,33-37,39H,10-29H2,2-8H3,(H,47,54)(H,49,53)(H2,48,50,56)/t33?,34?,35?,36?,37-,39+/m0/s1. The summed E-state index contributed by atoms with van der Waals surface area (Å²) in [7, 11) is 0. The van der Waals surface area contributed by atoms with Gasteiger partial charge >= 0.3 is 6.03 Å². The van der Waals surface area contributed by atoms with E-state index in [1.54, 1.807) is 16.0 Å². The van der Waals surface area contributed by atoms with E-state index in [-0.39, 0.29) is 41.7 Å². The minimum absolute atomic E-state index is 0.0707. The fraction of sp³-hybridized carbons (Fsp3) is 0.804. The highest BCUT2D eigenvalue weighted by Gasteiger charge is 2.70. The molecule has 4 unspecified atom stereocenters. The van der Waals surface area contributed by atoms with Crippen molar-refractivity contribution in [2.24, 2.45) is 39.9 Å². The highest BCUT2D eigenvalue weighted by Crippen LogP contribution is 2.65. The number of hydrogen-bond donors (Lipinski definition) is 4. The van der Waals surface area contributed by atoms with Crippen LogP contribution in [-0.2, 0) is 19.2 Å². The summed E-state index contributed by atoms with van der Waals surface area (Å²) in [6.07, 6.45) is 21.5. The Morgan fingerprint density at radius 1 is 0.911 bits per heavy atom. The Hall–Kier alpha value is -3.35. The number of urea groups is 1. The van der Waals surface area contributed by atoms with Gasteiger partial charge in [-0.25, -0.2) is 4.79 Å². The number of nitrogens with one attached hydrogen (secondary N) is 4. The number of piperidine rings is 1. The maximum absolute atomic E-state index is 14.8. The molecule has 10 heteroatoms. The van der Waals surface area contributed by atoms with Crippen molar-refractivity contribution in [2.75, 3.05) is 19.6 Å². The molecule has 0 aromatic rings. The van der Waals surface area contributed by atoms with E-state index in [2.05, 4.69) is 75.7 Å². The number of fused-ring (bicyclic) bond motifs is 1. The lowest BCUT2D eigenvalue weighted by Gasteiger charge is -2.43. The molecule has 4 aliphatic carbocycles. The Morgan fingerprint density at radius 3 is 2.23 bits per heavy atom. The number of likely N-dealkylation sites (tertiary alicyclic amines) is 1. The molecular weight excluding hydrogens is 703 g/mol. The Morgan fingerprint density at radius 2 is 1.59 bits per heavy atom. The fourth-order valence-electron chi connectivity index (χ4n) is 10.6. The molecule has 0 spiro atoms. The van der Waals surface area contributed by atoms with Gasteiger partial charge in [-0.15, -0.1) is 12.3 Å². The third-order valence-electron chi connectivity index (χ3n) is 15.0. The maximum atomic E-state index is 14.8. The van der Waals surface area contributed by atoms with Gasteiger partial charge in [0.2, 0.25) is 17.6 Å². The van der Waals surface area contributed by atoms with Crippen LogP contribution >= 0.6 is 0 Å². The first kappa shape index (κ1) is 43.8. The maximum Gasteiger partial charge on any atom is 0.315 e. The molecule has 5 aliphatic rings. The molecule has 1 aliphatic heterocycles. The van der Waals surface area contributed by atoms with Crippen molar-refractivity contribution in [3.8, 4) is 12.3 Å². The van der Waals surface area contributed by atoms with Crippen LogP contribution in [0.5, 0.6) is 0 Å². The van der Waals surface area contributed by atoms with E-state index < -0.39 is 41.1 Å². The molecule has 312 valence electrons. The molecule has 4 fully saturated rings. The van der Waals surface area contributed by atoms with E-state index in [4.69, 9.17) is 6.42 Å². The molecule has 5 rings (SSSR count). The number of ketones is 1. The molecule has 56 heavy (non-hydrogen) atoms. The second-order valence-corrected chi connectivity index (χ2v) is 19.6. The van der Waals surface area contributed by atoms with E-state index in [9.17, 15) is 24.0 Å². The number of Topliss-reactive ketones (excluding diaryl/α,β-unsaturated/α-hetero) is 1. The van der Waals surface area contributed by atoms with Gasteiger partial charge < -0.3 is 26.2 Å². The zero-order valence-corrected chi connectivity index (χ0v) is 35.7. The van der Waals surface area contributed by atoms with Crippen molar-refractivity contribution in [1.29, 1.82) is 0 Å². The lowest BCUT2D eigenvalue weighted by molar-refractivity contribution is -0.146. The van der Waals surface area contributed by atoms with Crippen LogP contribution in [0, 0.1) is 52.3 Å². The second-order valence-electron chi connectivity index (χ2n) is 19.6. The highest BCUT2D eigenvalue weighted by molar-refractivity contribution is 6.38. The number of unbranched alkanes of at least 4 members (excludes halogenated alkanes) is 4. The predicted molar refractivity (Wildman–Crippen MR) is 221 cm³/mol. The van der Waals surface area contributed by atoms with E-state index in [1.807, 2.05) is 0 Å². The molecule has 3 saturated carbocycles. The Kier molecular flexibility index (Phi) is 14.5. The van der Waals surface area contributed by atoms with Gasteiger partial charge in [0.1, 0.15) is 12.1 Å². The highest BCUT2D eigenvalue weighted by atomic mass is 16.2. The third kappa shape index (κ3) is 10.0. The first-order chi connectivity index (χ1) is 26.6. The zero-order valence-electron chi connectivity index (χ0n) is 35.7. The molecule has 0 aromatic carbocycles. The quantitative estimate of drug-likeness (QED) is 0.0423. The predicted octanol–water partition coefficient (Wildman–Crippen LogP) is 7.21. The van der Waals surface area contributed by atoms with Gasteiger partial charge in [0, 0.05) is 32.0 Å². The minimum atomic E-state index is -0.975. The van der Waals surface area contributed by atoms with Gasteiger partial charge in [0.25, 0.3) is 5.91 Å². The summed E-state index contributed by atoms with van der Waals surface area (Å²) >= 11 is 0. The van der Waals surface area contributed by atoms with Crippen molar-refractivity contribution in [3.05, 3.63) is 11.1 Å². The van der Waals surface area contributed by atoms with Crippen molar-refractivity contribution in [3.63, 3.8) is 0 Å². The molecule has 1 heterocycles. The van der Waals surface area contributed by atoms with Crippen LogP contribution < -0.4 is 21.3 Å². The van der Waals surface area contributed by atoms with Crippen LogP contribution in [0.4, 0.5) is 4.79 Å². The Labute approximate surface area is 337 Å². The molecule has 0 bridgehead atoms. The summed E-state index contributed by atoms with van der Waals surface area (Å²) in [4.78, 5) is 70.6. The van der Waals surface area contributed by atoms with Crippen molar-refractivity contribution < 1.29 is 24.0 Å². The van der Waals surface area contributed by atoms with Gasteiger partial charge in [-0.1, -0.05) is 117 Å². The topological polar surface area (TPSA) is 137 Å². The SMILES string of the molecule is C#CCCNC(=O)C(=O)C(CC1CCC1)NC(=O)[C@@H]1C2C(CN1C(=O)[C@@H](NC(=O)NCCCCCCCC1=C(C)C1C(C)(C)CC)C1(C)CCCCC1)C2(C)C. The molecule has 0 radical (unpaired) electrons. The third-order valence-corrected chi connectivity index (χ3v) is 15.0. The molecule has 5 amide bonds. The van der Waals surface area contributed by atoms with Crippen molar-refractivity contribution in [1.82, 2.24) is 26.2 Å². The number of terminal acetylenes is 1. The molecular formula is C46H73N5O5. The Bertz CT molecular complexity index is 1530. The fourth-order valence-corrected chi connectivity index (χ4v) is 10.6. The number of rotatable bonds is 21. The molecule has 0 aromatic heterocycles.